The molecule has 4 aliphatic carbocycles. The number of Topliss-reactive ketones (excluding diaryl/α,β-unsaturated/α-hetero) is 1. The van der Waals surface area contributed by atoms with Crippen molar-refractivity contribution in [2.45, 2.75) is 78.2 Å². The van der Waals surface area contributed by atoms with Gasteiger partial charge < -0.3 is 5.11 Å². The number of carbonyl (C=O) groups is 1. The van der Waals surface area contributed by atoms with E-state index in [1.165, 1.54) is 19.3 Å². The zero-order valence-electron chi connectivity index (χ0n) is 18.4. The maximum Gasteiger partial charge on any atom is 0.165 e. The Balaban J connectivity index is 1.46. The van der Waals surface area contributed by atoms with Crippen LogP contribution in [0.2, 0.25) is 0 Å². The molecular formula is C25H36N2O2. The van der Waals surface area contributed by atoms with E-state index in [4.69, 9.17) is 0 Å². The highest BCUT2D eigenvalue weighted by Gasteiger charge is 2.61. The lowest BCUT2D eigenvalue weighted by atomic mass is 9.45. The summed E-state index contributed by atoms with van der Waals surface area (Å²) in [7, 11) is 1.94. The Morgan fingerprint density at radius 1 is 1.17 bits per heavy atom. The Morgan fingerprint density at radius 3 is 2.69 bits per heavy atom. The highest BCUT2D eigenvalue weighted by atomic mass is 16.3. The van der Waals surface area contributed by atoms with Crippen LogP contribution in [-0.4, -0.2) is 26.8 Å². The minimum Gasteiger partial charge on any atom is -0.393 e. The van der Waals surface area contributed by atoms with Crippen molar-refractivity contribution in [3.63, 3.8) is 0 Å². The predicted octanol–water partition coefficient (Wildman–Crippen LogP) is 4.69. The summed E-state index contributed by atoms with van der Waals surface area (Å²) in [4.78, 5) is 13.5. The third-order valence-corrected chi connectivity index (χ3v) is 9.66. The first-order valence-corrected chi connectivity index (χ1v) is 11.7. The highest BCUT2D eigenvalue weighted by molar-refractivity contribution is 6.06. The van der Waals surface area contributed by atoms with Crippen LogP contribution in [0.4, 0.5) is 0 Å². The maximum atomic E-state index is 13.5. The molecule has 1 aromatic rings. The molecule has 158 valence electrons. The van der Waals surface area contributed by atoms with Gasteiger partial charge in [-0.1, -0.05) is 13.8 Å². The number of carbonyl (C=O) groups excluding carboxylic acids is 1. The van der Waals surface area contributed by atoms with E-state index in [0.717, 1.165) is 54.9 Å². The molecule has 0 saturated heterocycles. The van der Waals surface area contributed by atoms with E-state index in [0.29, 0.717) is 29.0 Å². The molecule has 4 nitrogen and oxygen atoms in total. The second-order valence-electron chi connectivity index (χ2n) is 11.1. The first kappa shape index (κ1) is 19.5. The SMILES string of the molecule is Cc1nn(C)cc1/C=C1\C[C@H]2[C@@H]3CC[C@@H]4C[C@H](O)CC[C@]4(C)[C@H]3CC[C@]2(C)C1=O. The average molecular weight is 397 g/mol. The molecule has 29 heavy (non-hydrogen) atoms. The van der Waals surface area contributed by atoms with Gasteiger partial charge in [-0.05, 0) is 99.0 Å². The molecular weight excluding hydrogens is 360 g/mol. The summed E-state index contributed by atoms with van der Waals surface area (Å²) >= 11 is 0. The summed E-state index contributed by atoms with van der Waals surface area (Å²) < 4.78 is 1.84. The first-order valence-electron chi connectivity index (χ1n) is 11.7. The second-order valence-corrected chi connectivity index (χ2v) is 11.1. The van der Waals surface area contributed by atoms with Crippen LogP contribution in [0.5, 0.6) is 0 Å². The Hall–Kier alpha value is -1.42. The van der Waals surface area contributed by atoms with Crippen LogP contribution in [0.1, 0.15) is 76.5 Å². The smallest absolute Gasteiger partial charge is 0.165 e. The molecule has 7 atom stereocenters. The number of aromatic nitrogens is 2. The van der Waals surface area contributed by atoms with Gasteiger partial charge in [0.2, 0.25) is 0 Å². The Kier molecular flexibility index (Phi) is 4.40. The van der Waals surface area contributed by atoms with Crippen molar-refractivity contribution in [1.29, 1.82) is 0 Å². The molecule has 0 spiro atoms. The molecule has 4 heteroatoms. The summed E-state index contributed by atoms with van der Waals surface area (Å²) in [5, 5.41) is 14.7. The lowest BCUT2D eigenvalue weighted by Crippen LogP contribution is -2.54. The normalized spacial score (nSPS) is 45.8. The zero-order chi connectivity index (χ0) is 20.6. The monoisotopic (exact) mass is 396 g/mol. The van der Waals surface area contributed by atoms with Crippen LogP contribution in [0.15, 0.2) is 11.8 Å². The maximum absolute atomic E-state index is 13.5. The van der Waals surface area contributed by atoms with Crippen molar-refractivity contribution in [3.8, 4) is 0 Å². The molecule has 4 saturated carbocycles. The number of hydrogen-bond acceptors (Lipinski definition) is 3. The lowest BCUT2D eigenvalue weighted by Gasteiger charge is -2.59. The third kappa shape index (κ3) is 2.81. The molecule has 4 fully saturated rings. The molecule has 0 aromatic carbocycles. The highest BCUT2D eigenvalue weighted by Crippen LogP contribution is 2.66. The molecule has 1 aromatic heterocycles. The van der Waals surface area contributed by atoms with E-state index in [-0.39, 0.29) is 11.5 Å². The van der Waals surface area contributed by atoms with Crippen molar-refractivity contribution >= 4 is 11.9 Å². The van der Waals surface area contributed by atoms with E-state index in [1.807, 2.05) is 24.9 Å². The van der Waals surface area contributed by atoms with Crippen molar-refractivity contribution in [3.05, 3.63) is 23.0 Å². The number of aliphatic hydroxyl groups is 1. The standard InChI is InChI=1S/C25H36N2O2/c1-15-17(14-27(4)26-15)11-16-12-22-20-6-5-18-13-19(28)7-9-24(18,2)21(20)8-10-25(22,3)23(16)29/h11,14,18-22,28H,5-10,12-13H2,1-4H3/b16-11+/t18-,19-,20-,21+,22+,24+,25+/m1/s1. The van der Waals surface area contributed by atoms with E-state index >= 15 is 0 Å². The number of aryl methyl sites for hydroxylation is 2. The van der Waals surface area contributed by atoms with Gasteiger partial charge in [0, 0.05) is 24.2 Å². The molecule has 0 unspecified atom stereocenters. The van der Waals surface area contributed by atoms with Crippen molar-refractivity contribution in [2.24, 2.45) is 41.5 Å². The van der Waals surface area contributed by atoms with Gasteiger partial charge in [-0.2, -0.15) is 5.10 Å². The number of rotatable bonds is 1. The summed E-state index contributed by atoms with van der Waals surface area (Å²) in [6, 6.07) is 0. The van der Waals surface area contributed by atoms with Gasteiger partial charge in [-0.25, -0.2) is 0 Å². The summed E-state index contributed by atoms with van der Waals surface area (Å²) in [5.41, 5.74) is 3.30. The van der Waals surface area contributed by atoms with E-state index in [1.54, 1.807) is 0 Å². The Morgan fingerprint density at radius 2 is 1.97 bits per heavy atom. The van der Waals surface area contributed by atoms with Crippen molar-refractivity contribution in [2.75, 3.05) is 0 Å². The number of fused-ring (bicyclic) bond motifs is 5. The molecule has 1 N–H and O–H groups in total. The number of allylic oxidation sites excluding steroid dienone is 1. The molecule has 0 amide bonds. The topological polar surface area (TPSA) is 55.1 Å². The quantitative estimate of drug-likeness (QED) is 0.701. The van der Waals surface area contributed by atoms with Gasteiger partial charge >= 0.3 is 0 Å². The number of nitrogens with zero attached hydrogens (tertiary/aromatic N) is 2. The summed E-state index contributed by atoms with van der Waals surface area (Å²) in [6.07, 6.45) is 12.8. The number of hydrogen-bond donors (Lipinski definition) is 1. The molecule has 0 bridgehead atoms. The third-order valence-electron chi connectivity index (χ3n) is 9.66. The molecule has 4 aliphatic rings. The number of ketones is 1. The summed E-state index contributed by atoms with van der Waals surface area (Å²) in [6.45, 7) is 6.79. The Labute approximate surface area is 174 Å². The van der Waals surface area contributed by atoms with E-state index in [2.05, 4.69) is 25.0 Å². The van der Waals surface area contributed by atoms with Gasteiger partial charge in [0.25, 0.3) is 0 Å². The van der Waals surface area contributed by atoms with Gasteiger partial charge in [0.1, 0.15) is 0 Å². The van der Waals surface area contributed by atoms with Crippen LogP contribution in [0, 0.1) is 41.4 Å². The predicted molar refractivity (Wildman–Crippen MR) is 114 cm³/mol. The van der Waals surface area contributed by atoms with Crippen molar-refractivity contribution in [1.82, 2.24) is 9.78 Å². The van der Waals surface area contributed by atoms with Crippen LogP contribution in [0.25, 0.3) is 6.08 Å². The van der Waals surface area contributed by atoms with E-state index < -0.39 is 0 Å². The van der Waals surface area contributed by atoms with Crippen LogP contribution in [-0.2, 0) is 11.8 Å². The fourth-order valence-electron chi connectivity index (χ4n) is 7.98. The van der Waals surface area contributed by atoms with Crippen LogP contribution >= 0.6 is 0 Å². The molecule has 5 rings (SSSR count). The van der Waals surface area contributed by atoms with E-state index in [9.17, 15) is 9.90 Å². The molecule has 1 heterocycles. The first-order chi connectivity index (χ1) is 13.7. The minimum atomic E-state index is -0.180. The van der Waals surface area contributed by atoms with Crippen LogP contribution < -0.4 is 0 Å². The fourth-order valence-corrected chi connectivity index (χ4v) is 7.98. The van der Waals surface area contributed by atoms with Gasteiger partial charge in [0.15, 0.2) is 5.78 Å². The molecule has 0 aliphatic heterocycles. The zero-order valence-corrected chi connectivity index (χ0v) is 18.4. The largest absolute Gasteiger partial charge is 0.393 e. The summed E-state index contributed by atoms with van der Waals surface area (Å²) in [5.74, 6) is 2.94. The Bertz CT molecular complexity index is 870. The minimum absolute atomic E-state index is 0.0937. The van der Waals surface area contributed by atoms with Crippen molar-refractivity contribution < 1.29 is 9.90 Å². The second kappa shape index (κ2) is 6.54. The fraction of sp³-hybridized carbons (Fsp3) is 0.760. The average Bonchev–Trinajstić information content (AvgIpc) is 3.12. The number of aliphatic hydroxyl groups excluding tert-OH is 1. The lowest BCUT2D eigenvalue weighted by molar-refractivity contribution is -0.141. The van der Waals surface area contributed by atoms with Gasteiger partial charge in [0.05, 0.1) is 11.8 Å². The van der Waals surface area contributed by atoms with Gasteiger partial charge in [-0.3, -0.25) is 9.48 Å². The van der Waals surface area contributed by atoms with Crippen LogP contribution in [0.3, 0.4) is 0 Å². The molecule has 0 radical (unpaired) electrons. The van der Waals surface area contributed by atoms with Gasteiger partial charge in [-0.15, -0.1) is 0 Å².